The average Bonchev–Trinajstić information content (AvgIpc) is 2.86. The number of hydrogen-bond donors (Lipinski definition) is 0. The molecule has 4 rings (SSSR count). The lowest BCUT2D eigenvalue weighted by molar-refractivity contribution is 0.564. The molecular formula is C21H22. The summed E-state index contributed by atoms with van der Waals surface area (Å²) < 4.78 is 0. The van der Waals surface area contributed by atoms with Gasteiger partial charge in [-0.15, -0.1) is 0 Å². The molecule has 106 valence electrons. The molecule has 2 aromatic carbocycles. The van der Waals surface area contributed by atoms with Crippen molar-refractivity contribution < 1.29 is 0 Å². The highest BCUT2D eigenvalue weighted by atomic mass is 14.4. The van der Waals surface area contributed by atoms with Gasteiger partial charge in [-0.2, -0.15) is 0 Å². The third kappa shape index (κ3) is 2.14. The summed E-state index contributed by atoms with van der Waals surface area (Å²) in [6.07, 6.45) is 7.62. The molecule has 0 heteroatoms. The maximum atomic E-state index is 2.50. The van der Waals surface area contributed by atoms with Crippen molar-refractivity contribution in [1.29, 1.82) is 0 Å². The maximum Gasteiger partial charge on any atom is -0.00899 e. The van der Waals surface area contributed by atoms with Crippen molar-refractivity contribution in [2.24, 2.45) is 17.8 Å². The summed E-state index contributed by atoms with van der Waals surface area (Å²) in [7, 11) is 0. The summed E-state index contributed by atoms with van der Waals surface area (Å²) >= 11 is 0. The van der Waals surface area contributed by atoms with Crippen molar-refractivity contribution in [3.05, 3.63) is 65.8 Å². The van der Waals surface area contributed by atoms with Gasteiger partial charge in [0.25, 0.3) is 0 Å². The second kappa shape index (κ2) is 4.87. The zero-order chi connectivity index (χ0) is 14.4. The van der Waals surface area contributed by atoms with Crippen LogP contribution in [0, 0.1) is 17.8 Å². The first kappa shape index (κ1) is 12.9. The molecule has 0 N–H and O–H groups in total. The molecule has 3 atom stereocenters. The van der Waals surface area contributed by atoms with E-state index >= 15 is 0 Å². The van der Waals surface area contributed by atoms with Gasteiger partial charge in [-0.25, -0.2) is 0 Å². The van der Waals surface area contributed by atoms with E-state index in [4.69, 9.17) is 0 Å². The first-order valence-corrected chi connectivity index (χ1v) is 8.10. The SMILES string of the molecule is CC1=CC2CC(C)CC2C(c2cccc3ccccc23)=C1. The van der Waals surface area contributed by atoms with Crippen LogP contribution in [0.4, 0.5) is 0 Å². The van der Waals surface area contributed by atoms with E-state index in [-0.39, 0.29) is 0 Å². The highest BCUT2D eigenvalue weighted by Gasteiger charge is 2.35. The molecule has 0 aromatic heterocycles. The summed E-state index contributed by atoms with van der Waals surface area (Å²) in [6.45, 7) is 4.66. The standard InChI is InChI=1S/C21H22/c1-14-10-17-11-15(2)13-21(20(17)12-14)19-9-5-7-16-6-3-4-8-18(16)19/h3-9,11,13-14,17,20H,10,12H2,1-2H3. The Morgan fingerprint density at radius 1 is 0.952 bits per heavy atom. The Kier molecular flexibility index (Phi) is 2.99. The maximum absolute atomic E-state index is 2.50. The van der Waals surface area contributed by atoms with Gasteiger partial charge in [-0.05, 0) is 59.4 Å². The Labute approximate surface area is 127 Å². The zero-order valence-corrected chi connectivity index (χ0v) is 12.8. The molecule has 0 aliphatic heterocycles. The van der Waals surface area contributed by atoms with E-state index in [1.165, 1.54) is 34.8 Å². The molecule has 0 radical (unpaired) electrons. The molecule has 3 unspecified atom stereocenters. The van der Waals surface area contributed by atoms with Crippen molar-refractivity contribution >= 4 is 16.3 Å². The molecule has 2 aliphatic rings. The number of allylic oxidation sites excluding steroid dienone is 4. The minimum Gasteiger partial charge on any atom is -0.0779 e. The van der Waals surface area contributed by atoms with Crippen LogP contribution >= 0.6 is 0 Å². The highest BCUT2D eigenvalue weighted by Crippen LogP contribution is 2.48. The fourth-order valence-electron chi connectivity index (χ4n) is 4.37. The van der Waals surface area contributed by atoms with E-state index in [2.05, 4.69) is 68.5 Å². The minimum absolute atomic E-state index is 0.717. The number of fused-ring (bicyclic) bond motifs is 2. The molecule has 0 heterocycles. The molecule has 2 aliphatic carbocycles. The Balaban J connectivity index is 1.89. The Bertz CT molecular complexity index is 742. The van der Waals surface area contributed by atoms with Crippen LogP contribution in [0.15, 0.2) is 60.2 Å². The molecule has 0 bridgehead atoms. The molecule has 1 saturated carbocycles. The molecule has 0 amide bonds. The van der Waals surface area contributed by atoms with Gasteiger partial charge in [0.1, 0.15) is 0 Å². The van der Waals surface area contributed by atoms with Gasteiger partial charge < -0.3 is 0 Å². The zero-order valence-electron chi connectivity index (χ0n) is 12.8. The van der Waals surface area contributed by atoms with Gasteiger partial charge in [0.05, 0.1) is 0 Å². The van der Waals surface area contributed by atoms with E-state index in [0.717, 1.165) is 17.8 Å². The smallest absolute Gasteiger partial charge is 0.00899 e. The van der Waals surface area contributed by atoms with E-state index < -0.39 is 0 Å². The van der Waals surface area contributed by atoms with Gasteiger partial charge >= 0.3 is 0 Å². The fraction of sp³-hybridized carbons (Fsp3) is 0.333. The van der Waals surface area contributed by atoms with Gasteiger partial charge in [-0.1, -0.05) is 67.1 Å². The van der Waals surface area contributed by atoms with Crippen molar-refractivity contribution in [2.45, 2.75) is 26.7 Å². The van der Waals surface area contributed by atoms with Gasteiger partial charge in [0, 0.05) is 0 Å². The molecule has 0 spiro atoms. The third-order valence-electron chi connectivity index (χ3n) is 5.21. The van der Waals surface area contributed by atoms with Crippen LogP contribution < -0.4 is 0 Å². The molecule has 0 saturated heterocycles. The van der Waals surface area contributed by atoms with Crippen LogP contribution in [0.3, 0.4) is 0 Å². The summed E-state index contributed by atoms with van der Waals surface area (Å²) in [5, 5.41) is 2.75. The number of benzene rings is 2. The number of rotatable bonds is 1. The fourth-order valence-corrected chi connectivity index (χ4v) is 4.37. The minimum atomic E-state index is 0.717. The topological polar surface area (TPSA) is 0 Å². The lowest BCUT2D eigenvalue weighted by Crippen LogP contribution is -2.12. The first-order chi connectivity index (χ1) is 10.2. The van der Waals surface area contributed by atoms with Crippen LogP contribution in [-0.2, 0) is 0 Å². The summed E-state index contributed by atoms with van der Waals surface area (Å²) in [5.41, 5.74) is 4.46. The highest BCUT2D eigenvalue weighted by molar-refractivity contribution is 5.95. The van der Waals surface area contributed by atoms with Crippen LogP contribution in [0.2, 0.25) is 0 Å². The lowest BCUT2D eigenvalue weighted by Gasteiger charge is -2.26. The number of hydrogen-bond acceptors (Lipinski definition) is 0. The first-order valence-electron chi connectivity index (χ1n) is 8.10. The Morgan fingerprint density at radius 2 is 1.76 bits per heavy atom. The van der Waals surface area contributed by atoms with Crippen LogP contribution in [0.25, 0.3) is 16.3 Å². The van der Waals surface area contributed by atoms with Crippen LogP contribution in [0.5, 0.6) is 0 Å². The van der Waals surface area contributed by atoms with Crippen LogP contribution in [-0.4, -0.2) is 0 Å². The summed E-state index contributed by atoms with van der Waals surface area (Å²) in [4.78, 5) is 0. The molecule has 0 nitrogen and oxygen atoms in total. The monoisotopic (exact) mass is 274 g/mol. The molecular weight excluding hydrogens is 252 g/mol. The largest absolute Gasteiger partial charge is 0.0779 e. The summed E-state index contributed by atoms with van der Waals surface area (Å²) in [5.74, 6) is 2.31. The van der Waals surface area contributed by atoms with E-state index in [1.807, 2.05) is 0 Å². The third-order valence-corrected chi connectivity index (χ3v) is 5.21. The van der Waals surface area contributed by atoms with E-state index in [0.29, 0.717) is 0 Å². The van der Waals surface area contributed by atoms with Crippen molar-refractivity contribution in [1.82, 2.24) is 0 Å². The Morgan fingerprint density at radius 3 is 2.67 bits per heavy atom. The normalized spacial score (nSPS) is 28.2. The Hall–Kier alpha value is -1.82. The van der Waals surface area contributed by atoms with Gasteiger partial charge in [0.15, 0.2) is 0 Å². The lowest BCUT2D eigenvalue weighted by atomic mass is 9.78. The molecule has 21 heavy (non-hydrogen) atoms. The quantitative estimate of drug-likeness (QED) is 0.612. The summed E-state index contributed by atoms with van der Waals surface area (Å²) in [6, 6.07) is 15.5. The second-order valence-electron chi connectivity index (χ2n) is 6.88. The average molecular weight is 274 g/mol. The van der Waals surface area contributed by atoms with E-state index in [9.17, 15) is 0 Å². The van der Waals surface area contributed by atoms with Crippen molar-refractivity contribution in [3.8, 4) is 0 Å². The van der Waals surface area contributed by atoms with Crippen molar-refractivity contribution in [2.75, 3.05) is 0 Å². The predicted octanol–water partition coefficient (Wildman–Crippen LogP) is 5.85. The van der Waals surface area contributed by atoms with Crippen LogP contribution in [0.1, 0.15) is 32.3 Å². The van der Waals surface area contributed by atoms with Gasteiger partial charge in [-0.3, -0.25) is 0 Å². The molecule has 2 aromatic rings. The van der Waals surface area contributed by atoms with Crippen molar-refractivity contribution in [3.63, 3.8) is 0 Å². The van der Waals surface area contributed by atoms with E-state index in [1.54, 1.807) is 5.57 Å². The second-order valence-corrected chi connectivity index (χ2v) is 6.88. The molecule has 1 fully saturated rings. The van der Waals surface area contributed by atoms with Gasteiger partial charge in [0.2, 0.25) is 0 Å². The predicted molar refractivity (Wildman–Crippen MR) is 91.1 cm³/mol.